The van der Waals surface area contributed by atoms with Crippen LogP contribution in [0.15, 0.2) is 23.8 Å². The Balaban J connectivity index is 2.04. The third-order valence-corrected chi connectivity index (χ3v) is 3.26. The maximum absolute atomic E-state index is 12.5. The van der Waals surface area contributed by atoms with Gasteiger partial charge in [0.1, 0.15) is 5.69 Å². The zero-order chi connectivity index (χ0) is 13.9. The molecule has 0 unspecified atom stereocenters. The maximum Gasteiger partial charge on any atom is 0.433 e. The highest BCUT2D eigenvalue weighted by Crippen LogP contribution is 2.27. The van der Waals surface area contributed by atoms with E-state index in [1.807, 2.05) is 5.38 Å². The Bertz CT molecular complexity index is 527. The minimum Gasteiger partial charge on any atom is -0.343 e. The third-order valence-electron chi connectivity index (χ3n) is 2.42. The number of hydrogen-bond acceptors (Lipinski definition) is 5. The van der Waals surface area contributed by atoms with Gasteiger partial charge in [-0.05, 0) is 6.07 Å². The van der Waals surface area contributed by atoms with Crippen LogP contribution < -0.4 is 4.90 Å². The number of thiazole rings is 1. The number of hydrogen-bond donors (Lipinski definition) is 0. The molecule has 0 spiro atoms. The first-order chi connectivity index (χ1) is 8.97. The molecule has 0 saturated heterocycles. The molecule has 8 heteroatoms. The van der Waals surface area contributed by atoms with E-state index in [-0.39, 0.29) is 5.95 Å². The number of rotatable bonds is 4. The van der Waals surface area contributed by atoms with Gasteiger partial charge in [0.15, 0.2) is 0 Å². The van der Waals surface area contributed by atoms with E-state index >= 15 is 0 Å². The van der Waals surface area contributed by atoms with Gasteiger partial charge in [0, 0.05) is 37.8 Å². The molecule has 102 valence electrons. The van der Waals surface area contributed by atoms with E-state index in [1.165, 1.54) is 11.3 Å². The summed E-state index contributed by atoms with van der Waals surface area (Å²) >= 11 is 1.51. The maximum atomic E-state index is 12.5. The number of alkyl halides is 3. The Morgan fingerprint density at radius 3 is 2.68 bits per heavy atom. The minimum atomic E-state index is -4.45. The van der Waals surface area contributed by atoms with Gasteiger partial charge in [-0.3, -0.25) is 0 Å². The molecular weight excluding hydrogens is 277 g/mol. The Kier molecular flexibility index (Phi) is 3.98. The van der Waals surface area contributed by atoms with Gasteiger partial charge in [0.2, 0.25) is 5.95 Å². The van der Waals surface area contributed by atoms with Gasteiger partial charge in [-0.1, -0.05) is 0 Å². The van der Waals surface area contributed by atoms with Gasteiger partial charge >= 0.3 is 6.18 Å². The Morgan fingerprint density at radius 2 is 2.05 bits per heavy atom. The summed E-state index contributed by atoms with van der Waals surface area (Å²) in [6.07, 6.45) is -0.993. The molecule has 0 atom stereocenters. The van der Waals surface area contributed by atoms with Crippen molar-refractivity contribution < 1.29 is 13.2 Å². The van der Waals surface area contributed by atoms with E-state index in [0.29, 0.717) is 13.0 Å². The molecule has 0 radical (unpaired) electrons. The minimum absolute atomic E-state index is 0.0615. The normalized spacial score (nSPS) is 11.6. The molecular formula is C11H11F3N4S. The first kappa shape index (κ1) is 13.7. The highest BCUT2D eigenvalue weighted by atomic mass is 32.1. The van der Waals surface area contributed by atoms with Crippen LogP contribution in [0.5, 0.6) is 0 Å². The number of nitrogens with zero attached hydrogens (tertiary/aromatic N) is 4. The lowest BCUT2D eigenvalue weighted by atomic mass is 10.4. The van der Waals surface area contributed by atoms with Crippen molar-refractivity contribution in [3.63, 3.8) is 0 Å². The van der Waals surface area contributed by atoms with Crippen molar-refractivity contribution in [2.45, 2.75) is 12.6 Å². The number of likely N-dealkylation sites (N-methyl/N-ethyl adjacent to an activating group) is 1. The molecule has 2 rings (SSSR count). The van der Waals surface area contributed by atoms with Crippen LogP contribution in [0.2, 0.25) is 0 Å². The number of anilines is 1. The lowest BCUT2D eigenvalue weighted by Gasteiger charge is -2.17. The summed E-state index contributed by atoms with van der Waals surface area (Å²) < 4.78 is 37.6. The Hall–Kier alpha value is -1.70. The second kappa shape index (κ2) is 5.52. The highest BCUT2D eigenvalue weighted by Gasteiger charge is 2.33. The zero-order valence-electron chi connectivity index (χ0n) is 10.1. The van der Waals surface area contributed by atoms with Crippen LogP contribution in [-0.4, -0.2) is 28.5 Å². The predicted octanol–water partition coefficient (Wildman–Crippen LogP) is 2.63. The smallest absolute Gasteiger partial charge is 0.343 e. The summed E-state index contributed by atoms with van der Waals surface area (Å²) in [7, 11) is 1.66. The molecule has 0 saturated carbocycles. The fourth-order valence-electron chi connectivity index (χ4n) is 1.43. The van der Waals surface area contributed by atoms with E-state index in [2.05, 4.69) is 15.0 Å². The molecule has 2 heterocycles. The average Bonchev–Trinajstić information content (AvgIpc) is 2.88. The predicted molar refractivity (Wildman–Crippen MR) is 66.1 cm³/mol. The molecule has 0 aliphatic heterocycles. The van der Waals surface area contributed by atoms with Gasteiger partial charge in [0.05, 0.1) is 5.01 Å². The lowest BCUT2D eigenvalue weighted by molar-refractivity contribution is -0.141. The Morgan fingerprint density at radius 1 is 1.26 bits per heavy atom. The molecule has 19 heavy (non-hydrogen) atoms. The summed E-state index contributed by atoms with van der Waals surface area (Å²) in [4.78, 5) is 13.1. The number of aromatic nitrogens is 3. The summed E-state index contributed by atoms with van der Waals surface area (Å²) in [6, 6.07) is 0.859. The fraction of sp³-hybridized carbons (Fsp3) is 0.364. The molecule has 0 aromatic carbocycles. The SMILES string of the molecule is CN(CCc1nccs1)c1nccc(C(F)(F)F)n1. The van der Waals surface area contributed by atoms with Crippen molar-refractivity contribution in [1.82, 2.24) is 15.0 Å². The average molecular weight is 288 g/mol. The van der Waals surface area contributed by atoms with Gasteiger partial charge in [0.25, 0.3) is 0 Å². The topological polar surface area (TPSA) is 41.9 Å². The van der Waals surface area contributed by atoms with E-state index in [0.717, 1.165) is 17.3 Å². The van der Waals surface area contributed by atoms with Crippen molar-refractivity contribution >= 4 is 17.3 Å². The highest BCUT2D eigenvalue weighted by molar-refractivity contribution is 7.09. The van der Waals surface area contributed by atoms with Crippen LogP contribution in [-0.2, 0) is 12.6 Å². The zero-order valence-corrected chi connectivity index (χ0v) is 10.9. The molecule has 2 aromatic heterocycles. The summed E-state index contributed by atoms with van der Waals surface area (Å²) in [6.45, 7) is 0.509. The van der Waals surface area contributed by atoms with Crippen molar-refractivity contribution in [3.05, 3.63) is 34.5 Å². The van der Waals surface area contributed by atoms with Crippen LogP contribution in [0.4, 0.5) is 19.1 Å². The second-order valence-electron chi connectivity index (χ2n) is 3.84. The van der Waals surface area contributed by atoms with Gasteiger partial charge in [-0.2, -0.15) is 13.2 Å². The molecule has 0 fully saturated rings. The number of halogens is 3. The van der Waals surface area contributed by atoms with E-state index in [1.54, 1.807) is 18.1 Å². The van der Waals surface area contributed by atoms with Crippen LogP contribution in [0.25, 0.3) is 0 Å². The summed E-state index contributed by atoms with van der Waals surface area (Å²) in [5, 5.41) is 2.79. The molecule has 2 aromatic rings. The molecule has 0 bridgehead atoms. The lowest BCUT2D eigenvalue weighted by Crippen LogP contribution is -2.23. The van der Waals surface area contributed by atoms with E-state index in [4.69, 9.17) is 0 Å². The van der Waals surface area contributed by atoms with E-state index < -0.39 is 11.9 Å². The van der Waals surface area contributed by atoms with Crippen molar-refractivity contribution in [3.8, 4) is 0 Å². The largest absolute Gasteiger partial charge is 0.433 e. The molecule has 0 aliphatic rings. The summed E-state index contributed by atoms with van der Waals surface area (Å²) in [5.74, 6) is 0.0615. The van der Waals surface area contributed by atoms with Crippen molar-refractivity contribution in [2.24, 2.45) is 0 Å². The van der Waals surface area contributed by atoms with Crippen molar-refractivity contribution in [2.75, 3.05) is 18.5 Å². The fourth-order valence-corrected chi connectivity index (χ4v) is 2.04. The van der Waals surface area contributed by atoms with E-state index in [9.17, 15) is 13.2 Å². The quantitative estimate of drug-likeness (QED) is 0.867. The Labute approximate surface area is 112 Å². The first-order valence-corrected chi connectivity index (χ1v) is 6.34. The molecule has 0 amide bonds. The van der Waals surface area contributed by atoms with Crippen LogP contribution in [0.1, 0.15) is 10.7 Å². The van der Waals surface area contributed by atoms with Gasteiger partial charge < -0.3 is 4.90 Å². The van der Waals surface area contributed by atoms with Crippen LogP contribution in [0.3, 0.4) is 0 Å². The van der Waals surface area contributed by atoms with Gasteiger partial charge in [-0.25, -0.2) is 15.0 Å². The molecule has 0 N–H and O–H groups in total. The molecule has 4 nitrogen and oxygen atoms in total. The summed E-state index contributed by atoms with van der Waals surface area (Å²) in [5.41, 5.74) is -0.932. The second-order valence-corrected chi connectivity index (χ2v) is 4.82. The monoisotopic (exact) mass is 288 g/mol. The van der Waals surface area contributed by atoms with Gasteiger partial charge in [-0.15, -0.1) is 11.3 Å². The molecule has 0 aliphatic carbocycles. The third kappa shape index (κ3) is 3.63. The first-order valence-electron chi connectivity index (χ1n) is 5.46. The standard InChI is InChI=1S/C11H11F3N4S/c1-18(6-3-9-15-5-7-19-9)10-16-4-2-8(17-10)11(12,13)14/h2,4-5,7H,3,6H2,1H3. The van der Waals surface area contributed by atoms with Crippen LogP contribution in [0, 0.1) is 0 Å². The van der Waals surface area contributed by atoms with Crippen LogP contribution >= 0.6 is 11.3 Å². The van der Waals surface area contributed by atoms with Crippen molar-refractivity contribution in [1.29, 1.82) is 0 Å².